The Hall–Kier alpha value is -2.64. The number of hydrogen-bond donors (Lipinski definition) is 2. The van der Waals surface area contributed by atoms with Crippen LogP contribution < -0.4 is 15.4 Å². The van der Waals surface area contributed by atoms with Crippen LogP contribution in [0, 0.1) is 5.82 Å². The first-order chi connectivity index (χ1) is 10.5. The van der Waals surface area contributed by atoms with Gasteiger partial charge in [-0.15, -0.1) is 0 Å². The molecule has 0 bridgehead atoms. The number of nitrogens with one attached hydrogen (secondary N) is 2. The molecule has 2 rings (SSSR count). The first-order valence-corrected chi connectivity index (χ1v) is 6.68. The molecule has 0 aliphatic heterocycles. The van der Waals surface area contributed by atoms with Gasteiger partial charge in [-0.25, -0.2) is 14.0 Å². The molecule has 1 aliphatic rings. The normalized spacial score (nSPS) is 13.1. The number of halogens is 1. The van der Waals surface area contributed by atoms with E-state index in [1.54, 1.807) is 6.07 Å². The highest BCUT2D eigenvalue weighted by atomic mass is 19.1. The van der Waals surface area contributed by atoms with Gasteiger partial charge in [0.1, 0.15) is 0 Å². The standard InChI is InChI=1S/C14H15FN2O5/c15-10-3-1-2-4-11(10)21-8-13(19)22-7-12(18)17-14(20)16-9-5-6-9/h1-4,9H,5-8H2,(H2,16,17,18,20). The second kappa shape index (κ2) is 7.39. The maximum absolute atomic E-state index is 13.2. The van der Waals surface area contributed by atoms with Gasteiger partial charge in [0.05, 0.1) is 0 Å². The highest BCUT2D eigenvalue weighted by molar-refractivity contribution is 5.95. The first-order valence-electron chi connectivity index (χ1n) is 6.68. The average Bonchev–Trinajstić information content (AvgIpc) is 3.28. The predicted octanol–water partition coefficient (Wildman–Crippen LogP) is 0.736. The molecular weight excluding hydrogens is 295 g/mol. The summed E-state index contributed by atoms with van der Waals surface area (Å²) in [6.07, 6.45) is 1.79. The van der Waals surface area contributed by atoms with Gasteiger partial charge in [0.15, 0.2) is 24.8 Å². The topological polar surface area (TPSA) is 93.7 Å². The second-order valence-corrected chi connectivity index (χ2v) is 4.68. The van der Waals surface area contributed by atoms with Crippen molar-refractivity contribution >= 4 is 17.9 Å². The van der Waals surface area contributed by atoms with Crippen molar-refractivity contribution in [2.75, 3.05) is 13.2 Å². The van der Waals surface area contributed by atoms with E-state index in [1.165, 1.54) is 18.2 Å². The summed E-state index contributed by atoms with van der Waals surface area (Å²) in [6, 6.07) is 5.08. The molecule has 1 fully saturated rings. The van der Waals surface area contributed by atoms with E-state index in [0.29, 0.717) is 0 Å². The molecule has 22 heavy (non-hydrogen) atoms. The van der Waals surface area contributed by atoms with Gasteiger partial charge < -0.3 is 14.8 Å². The smallest absolute Gasteiger partial charge is 0.344 e. The Kier molecular flexibility index (Phi) is 5.29. The molecule has 1 saturated carbocycles. The van der Waals surface area contributed by atoms with Gasteiger partial charge >= 0.3 is 12.0 Å². The minimum absolute atomic E-state index is 0.0901. The van der Waals surface area contributed by atoms with Crippen molar-refractivity contribution in [3.63, 3.8) is 0 Å². The third-order valence-electron chi connectivity index (χ3n) is 2.71. The van der Waals surface area contributed by atoms with Gasteiger partial charge in [-0.3, -0.25) is 10.1 Å². The number of urea groups is 1. The predicted molar refractivity (Wildman–Crippen MR) is 72.6 cm³/mol. The summed E-state index contributed by atoms with van der Waals surface area (Å²) in [7, 11) is 0. The van der Waals surface area contributed by atoms with Crippen LogP contribution in [0.25, 0.3) is 0 Å². The molecule has 0 saturated heterocycles. The third-order valence-corrected chi connectivity index (χ3v) is 2.71. The van der Waals surface area contributed by atoms with Crippen molar-refractivity contribution in [2.24, 2.45) is 0 Å². The number of benzene rings is 1. The lowest BCUT2D eigenvalue weighted by Crippen LogP contribution is -2.42. The number of imide groups is 1. The molecule has 2 N–H and O–H groups in total. The molecule has 0 unspecified atom stereocenters. The van der Waals surface area contributed by atoms with E-state index < -0.39 is 36.9 Å². The molecule has 1 aromatic carbocycles. The van der Waals surface area contributed by atoms with Crippen LogP contribution in [-0.2, 0) is 14.3 Å². The zero-order valence-electron chi connectivity index (χ0n) is 11.6. The summed E-state index contributed by atoms with van der Waals surface area (Å²) in [6.45, 7) is -1.15. The van der Waals surface area contributed by atoms with Crippen molar-refractivity contribution < 1.29 is 28.2 Å². The summed E-state index contributed by atoms with van der Waals surface area (Å²) in [5, 5.41) is 4.57. The van der Waals surface area contributed by atoms with Crippen LogP contribution >= 0.6 is 0 Å². The van der Waals surface area contributed by atoms with E-state index in [-0.39, 0.29) is 11.8 Å². The number of carbonyl (C=O) groups is 3. The fraction of sp³-hybridized carbons (Fsp3) is 0.357. The highest BCUT2D eigenvalue weighted by Crippen LogP contribution is 2.18. The molecule has 0 heterocycles. The fourth-order valence-corrected chi connectivity index (χ4v) is 1.50. The molecule has 0 aromatic heterocycles. The van der Waals surface area contributed by atoms with Crippen molar-refractivity contribution in [1.82, 2.24) is 10.6 Å². The van der Waals surface area contributed by atoms with Crippen molar-refractivity contribution in [3.8, 4) is 5.75 Å². The van der Waals surface area contributed by atoms with Crippen molar-refractivity contribution in [2.45, 2.75) is 18.9 Å². The number of carbonyl (C=O) groups excluding carboxylic acids is 3. The van der Waals surface area contributed by atoms with Crippen LogP contribution in [0.15, 0.2) is 24.3 Å². The second-order valence-electron chi connectivity index (χ2n) is 4.68. The Bertz CT molecular complexity index is 574. The number of para-hydroxylation sites is 1. The number of hydrogen-bond acceptors (Lipinski definition) is 5. The van der Waals surface area contributed by atoms with E-state index in [0.717, 1.165) is 12.8 Å². The Morgan fingerprint density at radius 2 is 1.91 bits per heavy atom. The van der Waals surface area contributed by atoms with Crippen LogP contribution in [0.3, 0.4) is 0 Å². The van der Waals surface area contributed by atoms with Crippen LogP contribution in [-0.4, -0.2) is 37.2 Å². The SMILES string of the molecule is O=C(COC(=O)COc1ccccc1F)NC(=O)NC1CC1. The Balaban J connectivity index is 1.63. The van der Waals surface area contributed by atoms with Gasteiger partial charge in [0.25, 0.3) is 5.91 Å². The Morgan fingerprint density at radius 1 is 1.18 bits per heavy atom. The fourth-order valence-electron chi connectivity index (χ4n) is 1.50. The molecular formula is C14H15FN2O5. The maximum Gasteiger partial charge on any atom is 0.344 e. The van der Waals surface area contributed by atoms with Gasteiger partial charge in [-0.2, -0.15) is 0 Å². The van der Waals surface area contributed by atoms with E-state index in [1.807, 2.05) is 5.32 Å². The highest BCUT2D eigenvalue weighted by Gasteiger charge is 2.24. The van der Waals surface area contributed by atoms with Crippen LogP contribution in [0.4, 0.5) is 9.18 Å². The van der Waals surface area contributed by atoms with Gasteiger partial charge in [0, 0.05) is 6.04 Å². The van der Waals surface area contributed by atoms with Crippen LogP contribution in [0.2, 0.25) is 0 Å². The lowest BCUT2D eigenvalue weighted by molar-refractivity contribution is -0.150. The molecule has 118 valence electrons. The van der Waals surface area contributed by atoms with E-state index in [4.69, 9.17) is 4.74 Å². The number of ether oxygens (including phenoxy) is 2. The van der Waals surface area contributed by atoms with Gasteiger partial charge in [0.2, 0.25) is 0 Å². The maximum atomic E-state index is 13.2. The summed E-state index contributed by atoms with van der Waals surface area (Å²) >= 11 is 0. The van der Waals surface area contributed by atoms with Crippen LogP contribution in [0.5, 0.6) is 5.75 Å². The molecule has 7 nitrogen and oxygen atoms in total. The zero-order valence-corrected chi connectivity index (χ0v) is 11.6. The minimum atomic E-state index is -0.846. The summed E-state index contributed by atoms with van der Waals surface area (Å²) in [4.78, 5) is 33.9. The van der Waals surface area contributed by atoms with Gasteiger partial charge in [-0.05, 0) is 25.0 Å². The lowest BCUT2D eigenvalue weighted by Gasteiger charge is -2.08. The average molecular weight is 310 g/mol. The molecule has 3 amide bonds. The van der Waals surface area contributed by atoms with Crippen molar-refractivity contribution in [1.29, 1.82) is 0 Å². The van der Waals surface area contributed by atoms with Crippen molar-refractivity contribution in [3.05, 3.63) is 30.1 Å². The number of esters is 1. The van der Waals surface area contributed by atoms with Gasteiger partial charge in [-0.1, -0.05) is 12.1 Å². The molecule has 1 aromatic rings. The Labute approximate surface area is 125 Å². The van der Waals surface area contributed by atoms with E-state index in [2.05, 4.69) is 10.1 Å². The molecule has 0 atom stereocenters. The minimum Gasteiger partial charge on any atom is -0.479 e. The summed E-state index contributed by atoms with van der Waals surface area (Å²) in [5.74, 6) is -2.30. The molecule has 8 heteroatoms. The number of amides is 3. The third kappa shape index (κ3) is 5.39. The zero-order chi connectivity index (χ0) is 15.9. The number of rotatable bonds is 6. The molecule has 1 aliphatic carbocycles. The summed E-state index contributed by atoms with van der Waals surface area (Å²) in [5.41, 5.74) is 0. The van der Waals surface area contributed by atoms with E-state index in [9.17, 15) is 18.8 Å². The quantitative estimate of drug-likeness (QED) is 0.756. The van der Waals surface area contributed by atoms with E-state index >= 15 is 0 Å². The first kappa shape index (κ1) is 15.7. The largest absolute Gasteiger partial charge is 0.479 e. The Morgan fingerprint density at radius 3 is 2.59 bits per heavy atom. The summed E-state index contributed by atoms with van der Waals surface area (Å²) < 4.78 is 22.7. The molecule has 0 spiro atoms. The van der Waals surface area contributed by atoms with Crippen LogP contribution in [0.1, 0.15) is 12.8 Å². The molecule has 0 radical (unpaired) electrons. The monoisotopic (exact) mass is 310 g/mol. The lowest BCUT2D eigenvalue weighted by atomic mass is 10.3.